The molecule has 196 valence electrons. The molecule has 37 heavy (non-hydrogen) atoms. The molecule has 0 radical (unpaired) electrons. The van der Waals surface area contributed by atoms with Crippen molar-refractivity contribution in [2.75, 3.05) is 31.6 Å². The van der Waals surface area contributed by atoms with Gasteiger partial charge >= 0.3 is 6.03 Å². The van der Waals surface area contributed by atoms with Gasteiger partial charge in [0.1, 0.15) is 24.7 Å². The number of urea groups is 1. The molecule has 1 aromatic heterocycles. The number of carbonyl (C=O) groups is 2. The van der Waals surface area contributed by atoms with E-state index in [-0.39, 0.29) is 36.9 Å². The molecule has 0 spiro atoms. The van der Waals surface area contributed by atoms with E-state index in [1.807, 2.05) is 11.4 Å². The summed E-state index contributed by atoms with van der Waals surface area (Å²) < 4.78 is 19.3. The van der Waals surface area contributed by atoms with Crippen molar-refractivity contribution in [3.63, 3.8) is 0 Å². The Bertz CT molecular complexity index is 1220. The monoisotopic (exact) mass is 543 g/mol. The number of thiophene rings is 1. The number of rotatable bonds is 9. The third-order valence-corrected chi connectivity index (χ3v) is 7.53. The Labute approximate surface area is 226 Å². The summed E-state index contributed by atoms with van der Waals surface area (Å²) >= 11 is 7.74. The van der Waals surface area contributed by atoms with Crippen molar-refractivity contribution in [2.45, 2.75) is 32.7 Å². The summed E-state index contributed by atoms with van der Waals surface area (Å²) in [7, 11) is 0. The second kappa shape index (κ2) is 12.4. The van der Waals surface area contributed by atoms with Gasteiger partial charge in [-0.25, -0.2) is 9.18 Å². The second-order valence-corrected chi connectivity index (χ2v) is 10.9. The summed E-state index contributed by atoms with van der Waals surface area (Å²) in [6, 6.07) is 14.2. The molecule has 6 nitrogen and oxygen atoms in total. The maximum atomic E-state index is 13.6. The minimum absolute atomic E-state index is 0.0500. The van der Waals surface area contributed by atoms with Gasteiger partial charge in [-0.05, 0) is 78.2 Å². The molecule has 1 atom stereocenters. The van der Waals surface area contributed by atoms with Gasteiger partial charge in [-0.2, -0.15) is 0 Å². The van der Waals surface area contributed by atoms with E-state index in [9.17, 15) is 14.0 Å². The topological polar surface area (TPSA) is 61.9 Å². The number of nitrogens with zero attached hydrogens (tertiary/aromatic N) is 2. The first-order valence-electron chi connectivity index (χ1n) is 12.4. The molecule has 0 saturated carbocycles. The Morgan fingerprint density at radius 3 is 2.73 bits per heavy atom. The van der Waals surface area contributed by atoms with E-state index in [0.29, 0.717) is 35.5 Å². The van der Waals surface area contributed by atoms with Crippen LogP contribution in [0.1, 0.15) is 36.8 Å². The van der Waals surface area contributed by atoms with Gasteiger partial charge in [0, 0.05) is 28.7 Å². The van der Waals surface area contributed by atoms with Crippen molar-refractivity contribution in [1.29, 1.82) is 0 Å². The lowest BCUT2D eigenvalue weighted by molar-refractivity contribution is -0.135. The summed E-state index contributed by atoms with van der Waals surface area (Å²) in [6.45, 7) is 5.34. The predicted octanol–water partition coefficient (Wildman–Crippen LogP) is 6.63. The number of hydrogen-bond donors (Lipinski definition) is 1. The molecule has 1 aliphatic rings. The lowest BCUT2D eigenvalue weighted by Crippen LogP contribution is -2.49. The van der Waals surface area contributed by atoms with E-state index in [2.05, 4.69) is 19.2 Å². The van der Waals surface area contributed by atoms with Crippen LogP contribution in [-0.4, -0.2) is 48.0 Å². The molecule has 0 fully saturated rings. The van der Waals surface area contributed by atoms with Crippen LogP contribution in [0.4, 0.5) is 14.9 Å². The number of fused-ring (bicyclic) bond motifs is 1. The van der Waals surface area contributed by atoms with Crippen molar-refractivity contribution in [3.8, 4) is 5.75 Å². The highest BCUT2D eigenvalue weighted by Gasteiger charge is 2.33. The van der Waals surface area contributed by atoms with Crippen LogP contribution in [0.2, 0.25) is 5.02 Å². The summed E-state index contributed by atoms with van der Waals surface area (Å²) in [6.07, 6.45) is 1.52. The fourth-order valence-electron chi connectivity index (χ4n) is 4.27. The first-order chi connectivity index (χ1) is 17.8. The zero-order chi connectivity index (χ0) is 26.4. The Balaban J connectivity index is 1.49. The minimum Gasteiger partial charge on any atom is -0.491 e. The van der Waals surface area contributed by atoms with Crippen molar-refractivity contribution >= 4 is 40.6 Å². The number of hydrogen-bond acceptors (Lipinski definition) is 4. The molecule has 0 saturated heterocycles. The fourth-order valence-corrected chi connectivity index (χ4v) is 5.39. The van der Waals surface area contributed by atoms with Gasteiger partial charge in [0.2, 0.25) is 5.91 Å². The van der Waals surface area contributed by atoms with E-state index in [4.69, 9.17) is 16.3 Å². The van der Waals surface area contributed by atoms with Gasteiger partial charge in [0.15, 0.2) is 0 Å². The van der Waals surface area contributed by atoms with Gasteiger partial charge in [-0.1, -0.05) is 31.5 Å². The smallest absolute Gasteiger partial charge is 0.322 e. The Morgan fingerprint density at radius 1 is 1.22 bits per heavy atom. The number of benzene rings is 2. The lowest BCUT2D eigenvalue weighted by atomic mass is 10.0. The van der Waals surface area contributed by atoms with Crippen molar-refractivity contribution in [2.24, 2.45) is 5.92 Å². The van der Waals surface area contributed by atoms with E-state index in [1.165, 1.54) is 17.0 Å². The normalized spacial score (nSPS) is 14.8. The van der Waals surface area contributed by atoms with Gasteiger partial charge in [-0.3, -0.25) is 4.79 Å². The molecular weight excluding hydrogens is 513 g/mol. The van der Waals surface area contributed by atoms with E-state index < -0.39 is 0 Å². The van der Waals surface area contributed by atoms with Crippen LogP contribution in [0.5, 0.6) is 5.75 Å². The number of halogens is 2. The molecule has 0 aliphatic carbocycles. The number of ether oxygens (including phenoxy) is 1. The molecule has 0 unspecified atom stereocenters. The van der Waals surface area contributed by atoms with Crippen LogP contribution in [0.25, 0.3) is 0 Å². The van der Waals surface area contributed by atoms with Crippen molar-refractivity contribution < 1.29 is 18.7 Å². The average Bonchev–Trinajstić information content (AvgIpc) is 3.35. The largest absolute Gasteiger partial charge is 0.491 e. The Kier molecular flexibility index (Phi) is 9.05. The summed E-state index contributed by atoms with van der Waals surface area (Å²) in [5, 5.41) is 5.41. The lowest BCUT2D eigenvalue weighted by Gasteiger charge is -2.37. The van der Waals surface area contributed by atoms with Crippen LogP contribution in [0, 0.1) is 11.7 Å². The third-order valence-electron chi connectivity index (χ3n) is 6.30. The molecule has 1 aliphatic heterocycles. The minimum atomic E-state index is -0.344. The predicted molar refractivity (Wildman–Crippen MR) is 146 cm³/mol. The van der Waals surface area contributed by atoms with Gasteiger partial charge in [-0.15, -0.1) is 11.3 Å². The maximum Gasteiger partial charge on any atom is 0.322 e. The quantitative estimate of drug-likeness (QED) is 0.329. The van der Waals surface area contributed by atoms with Crippen LogP contribution < -0.4 is 10.1 Å². The SMILES string of the molecule is CC(C)CCN(CC(=O)N1CCc2sccc2[C@H]1COc1ccc(F)cc1)C(=O)Nc1cccc(Cl)c1. The Morgan fingerprint density at radius 2 is 2.00 bits per heavy atom. The highest BCUT2D eigenvalue weighted by atomic mass is 35.5. The van der Waals surface area contributed by atoms with Gasteiger partial charge in [0.25, 0.3) is 0 Å². The maximum absolute atomic E-state index is 13.6. The molecule has 1 N–H and O–H groups in total. The standard InChI is InChI=1S/C28H31ClFN3O3S/c1-19(2)10-13-32(28(35)31-22-5-3-4-20(29)16-22)17-27(34)33-14-11-26-24(12-15-37-26)25(33)18-36-23-8-6-21(30)7-9-23/h3-9,12,15-16,19,25H,10-11,13-14,17-18H2,1-2H3,(H,31,35)/t25-/m1/s1. The summed E-state index contributed by atoms with van der Waals surface area (Å²) in [4.78, 5) is 31.4. The molecular formula is C28H31ClFN3O3S. The Hall–Kier alpha value is -3.10. The molecule has 3 amide bonds. The zero-order valence-corrected chi connectivity index (χ0v) is 22.5. The summed E-state index contributed by atoms with van der Waals surface area (Å²) in [5.74, 6) is 0.432. The number of anilines is 1. The van der Waals surface area contributed by atoms with Crippen LogP contribution in [-0.2, 0) is 11.2 Å². The van der Waals surface area contributed by atoms with Gasteiger partial charge < -0.3 is 19.9 Å². The number of nitrogens with one attached hydrogen (secondary N) is 1. The van der Waals surface area contributed by atoms with Crippen LogP contribution in [0.3, 0.4) is 0 Å². The van der Waals surface area contributed by atoms with Crippen LogP contribution >= 0.6 is 22.9 Å². The highest BCUT2D eigenvalue weighted by molar-refractivity contribution is 7.10. The molecule has 2 aromatic carbocycles. The molecule has 9 heteroatoms. The molecule has 3 aromatic rings. The van der Waals surface area contributed by atoms with E-state index in [1.54, 1.807) is 57.5 Å². The molecule has 0 bridgehead atoms. The molecule has 2 heterocycles. The summed E-state index contributed by atoms with van der Waals surface area (Å²) in [5.41, 5.74) is 1.63. The van der Waals surface area contributed by atoms with E-state index in [0.717, 1.165) is 18.4 Å². The molecule has 4 rings (SSSR count). The first-order valence-corrected chi connectivity index (χ1v) is 13.6. The van der Waals surface area contributed by atoms with Crippen molar-refractivity contribution in [3.05, 3.63) is 81.3 Å². The number of carbonyl (C=O) groups excluding carboxylic acids is 2. The first kappa shape index (κ1) is 26.9. The van der Waals surface area contributed by atoms with Crippen molar-refractivity contribution in [1.82, 2.24) is 9.80 Å². The zero-order valence-electron chi connectivity index (χ0n) is 21.0. The van der Waals surface area contributed by atoms with E-state index >= 15 is 0 Å². The number of amides is 3. The average molecular weight is 544 g/mol. The van der Waals surface area contributed by atoms with Gasteiger partial charge in [0.05, 0.1) is 6.04 Å². The fraction of sp³-hybridized carbons (Fsp3) is 0.357. The highest BCUT2D eigenvalue weighted by Crippen LogP contribution is 2.34. The van der Waals surface area contributed by atoms with Crippen LogP contribution in [0.15, 0.2) is 60.0 Å². The third kappa shape index (κ3) is 7.23. The second-order valence-electron chi connectivity index (χ2n) is 9.46.